The largest absolute Gasteiger partial charge is 0.352 e. The smallest absolute Gasteiger partial charge is 0.162 e. The first-order valence-electron chi connectivity index (χ1n) is 9.68. The third-order valence-electron chi connectivity index (χ3n) is 4.82. The Morgan fingerprint density at radius 2 is 1.96 bits per heavy atom. The van der Waals surface area contributed by atoms with Gasteiger partial charge in [-0.25, -0.2) is 0 Å². The van der Waals surface area contributed by atoms with Crippen LogP contribution in [0.3, 0.4) is 0 Å². The van der Waals surface area contributed by atoms with Crippen LogP contribution in [0.1, 0.15) is 69.2 Å². The molecule has 0 spiro atoms. The van der Waals surface area contributed by atoms with Crippen molar-refractivity contribution in [3.63, 3.8) is 0 Å². The monoisotopic (exact) mass is 450 g/mol. The van der Waals surface area contributed by atoms with Crippen molar-refractivity contribution >= 4 is 44.7 Å². The van der Waals surface area contributed by atoms with Crippen molar-refractivity contribution < 1.29 is 4.79 Å². The third-order valence-corrected chi connectivity index (χ3v) is 5.63. The first kappa shape index (κ1) is 21.9. The summed E-state index contributed by atoms with van der Waals surface area (Å²) < 4.78 is 0.899. The lowest BCUT2D eigenvalue weighted by atomic mass is 9.86. The van der Waals surface area contributed by atoms with Gasteiger partial charge in [0.1, 0.15) is 0 Å². The lowest BCUT2D eigenvalue weighted by Gasteiger charge is -2.20. The minimum absolute atomic E-state index is 0.0202. The van der Waals surface area contributed by atoms with E-state index in [0.717, 1.165) is 16.1 Å². The lowest BCUT2D eigenvalue weighted by Crippen LogP contribution is -2.04. The molecule has 1 aromatic heterocycles. The molecule has 0 radical (unpaired) electrons. The Morgan fingerprint density at radius 1 is 1.22 bits per heavy atom. The van der Waals surface area contributed by atoms with Gasteiger partial charge in [0.25, 0.3) is 0 Å². The Kier molecular flexibility index (Phi) is 9.29. The number of nitrogens with zero attached hydrogens (tertiary/aromatic N) is 1. The molecule has 0 amide bonds. The molecule has 2 aromatic rings. The number of pyridine rings is 1. The number of carbonyl (C=O) groups is 1. The summed E-state index contributed by atoms with van der Waals surface area (Å²) in [6.07, 6.45) is 13.6. The molecular weight excluding hydrogens is 424 g/mol. The second-order valence-corrected chi connectivity index (χ2v) is 8.34. The molecule has 1 heterocycles. The van der Waals surface area contributed by atoms with E-state index in [1.807, 2.05) is 12.1 Å². The van der Waals surface area contributed by atoms with E-state index >= 15 is 0 Å². The van der Waals surface area contributed by atoms with Crippen LogP contribution >= 0.6 is 27.5 Å². The fourth-order valence-corrected chi connectivity index (χ4v) is 4.14. The van der Waals surface area contributed by atoms with Gasteiger partial charge >= 0.3 is 0 Å². The number of hydrogen-bond donors (Lipinski definition) is 1. The zero-order valence-corrected chi connectivity index (χ0v) is 18.4. The highest BCUT2D eigenvalue weighted by Crippen LogP contribution is 2.29. The summed E-state index contributed by atoms with van der Waals surface area (Å²) in [5, 5.41) is 3.69. The van der Waals surface area contributed by atoms with Gasteiger partial charge in [0.2, 0.25) is 0 Å². The van der Waals surface area contributed by atoms with E-state index in [1.165, 1.54) is 51.9 Å². The van der Waals surface area contributed by atoms with E-state index in [4.69, 9.17) is 11.6 Å². The molecule has 1 aromatic carbocycles. The highest BCUT2D eigenvalue weighted by atomic mass is 79.9. The highest BCUT2D eigenvalue weighted by Gasteiger charge is 2.11. The summed E-state index contributed by atoms with van der Waals surface area (Å²) in [5.41, 5.74) is 1.97. The van der Waals surface area contributed by atoms with Crippen molar-refractivity contribution in [1.29, 1.82) is 0 Å². The van der Waals surface area contributed by atoms with Gasteiger partial charge in [0, 0.05) is 16.2 Å². The van der Waals surface area contributed by atoms with Crippen molar-refractivity contribution in [2.75, 3.05) is 5.32 Å². The summed E-state index contributed by atoms with van der Waals surface area (Å²) in [4.78, 5) is 15.5. The molecule has 1 fully saturated rings. The number of aromatic nitrogens is 1. The van der Waals surface area contributed by atoms with Crippen LogP contribution in [-0.4, -0.2) is 10.8 Å². The number of nitrogens with one attached hydrogen (secondary N) is 1. The van der Waals surface area contributed by atoms with Crippen LogP contribution < -0.4 is 5.32 Å². The highest BCUT2D eigenvalue weighted by molar-refractivity contribution is 9.10. The molecule has 1 aliphatic carbocycles. The molecule has 3 nitrogen and oxygen atoms in total. The standard InChI is InChI=1S/C13H10BrClN2O.C9H18/c1-8(18)10-4-5-16-7-13(10)17-12-3-2-9(14)6-11(12)15;1-2-6-9-7-4-3-5-8-9/h2-7,17H,1H3;9H,2-8H2,1H3. The van der Waals surface area contributed by atoms with E-state index in [9.17, 15) is 4.79 Å². The van der Waals surface area contributed by atoms with Crippen LogP contribution in [0.15, 0.2) is 41.1 Å². The Balaban J connectivity index is 0.000000244. The maximum Gasteiger partial charge on any atom is 0.162 e. The van der Waals surface area contributed by atoms with Crippen LogP contribution in [0.25, 0.3) is 0 Å². The molecule has 0 bridgehead atoms. The molecule has 3 rings (SSSR count). The number of benzene rings is 1. The maximum atomic E-state index is 11.5. The number of halogens is 2. The zero-order valence-electron chi connectivity index (χ0n) is 16.1. The second-order valence-electron chi connectivity index (χ2n) is 7.02. The topological polar surface area (TPSA) is 42.0 Å². The quantitative estimate of drug-likeness (QED) is 0.471. The molecule has 146 valence electrons. The molecule has 0 aliphatic heterocycles. The van der Waals surface area contributed by atoms with Gasteiger partial charge < -0.3 is 5.32 Å². The molecule has 5 heteroatoms. The predicted molar refractivity (Wildman–Crippen MR) is 118 cm³/mol. The summed E-state index contributed by atoms with van der Waals surface area (Å²) >= 11 is 9.45. The van der Waals surface area contributed by atoms with Crippen molar-refractivity contribution in [3.8, 4) is 0 Å². The minimum atomic E-state index is -0.0202. The molecule has 0 unspecified atom stereocenters. The first-order valence-corrected chi connectivity index (χ1v) is 10.9. The van der Waals surface area contributed by atoms with E-state index in [1.54, 1.807) is 24.5 Å². The van der Waals surface area contributed by atoms with Crippen molar-refractivity contribution in [1.82, 2.24) is 4.98 Å². The van der Waals surface area contributed by atoms with Crippen LogP contribution in [0.5, 0.6) is 0 Å². The summed E-state index contributed by atoms with van der Waals surface area (Å²) in [6.45, 7) is 3.82. The molecule has 1 aliphatic rings. The Hall–Kier alpha value is -1.39. The summed E-state index contributed by atoms with van der Waals surface area (Å²) in [7, 11) is 0. The average molecular weight is 452 g/mol. The maximum absolute atomic E-state index is 11.5. The van der Waals surface area contributed by atoms with Crippen molar-refractivity contribution in [3.05, 3.63) is 51.7 Å². The molecule has 0 saturated heterocycles. The second kappa shape index (κ2) is 11.5. The van der Waals surface area contributed by atoms with Crippen molar-refractivity contribution in [2.45, 2.75) is 58.8 Å². The lowest BCUT2D eigenvalue weighted by molar-refractivity contribution is 0.101. The van der Waals surface area contributed by atoms with Gasteiger partial charge in [-0.15, -0.1) is 0 Å². The zero-order chi connectivity index (χ0) is 19.6. The molecule has 0 atom stereocenters. The number of Topliss-reactive ketones (excluding diaryl/α,β-unsaturated/α-hetero) is 1. The Bertz CT molecular complexity index is 742. The van der Waals surface area contributed by atoms with Gasteiger partial charge in [-0.2, -0.15) is 0 Å². The fourth-order valence-electron chi connectivity index (χ4n) is 3.42. The summed E-state index contributed by atoms with van der Waals surface area (Å²) in [5.74, 6) is 1.08. The third kappa shape index (κ3) is 7.27. The molecule has 27 heavy (non-hydrogen) atoms. The van der Waals surface area contributed by atoms with Gasteiger partial charge in [-0.1, -0.05) is 79.4 Å². The predicted octanol–water partition coefficient (Wildman–Crippen LogP) is 7.81. The molecule has 1 saturated carbocycles. The van der Waals surface area contributed by atoms with E-state index in [2.05, 4.69) is 33.2 Å². The first-order chi connectivity index (χ1) is 13.0. The van der Waals surface area contributed by atoms with Crippen LogP contribution in [-0.2, 0) is 0 Å². The minimum Gasteiger partial charge on any atom is -0.352 e. The van der Waals surface area contributed by atoms with E-state index in [0.29, 0.717) is 16.3 Å². The van der Waals surface area contributed by atoms with Crippen molar-refractivity contribution in [2.24, 2.45) is 5.92 Å². The Labute approximate surface area is 176 Å². The number of carbonyl (C=O) groups excluding carboxylic acids is 1. The van der Waals surface area contributed by atoms with Crippen LogP contribution in [0.2, 0.25) is 5.02 Å². The number of ketones is 1. The molecule has 1 N–H and O–H groups in total. The van der Waals surface area contributed by atoms with E-state index in [-0.39, 0.29) is 5.78 Å². The van der Waals surface area contributed by atoms with Gasteiger partial charge in [0.05, 0.1) is 22.6 Å². The van der Waals surface area contributed by atoms with E-state index < -0.39 is 0 Å². The van der Waals surface area contributed by atoms with Gasteiger partial charge in [-0.3, -0.25) is 9.78 Å². The summed E-state index contributed by atoms with van der Waals surface area (Å²) in [6, 6.07) is 7.17. The normalized spacial score (nSPS) is 14.2. The number of rotatable bonds is 5. The fraction of sp³-hybridized carbons (Fsp3) is 0.455. The average Bonchev–Trinajstić information content (AvgIpc) is 2.66. The SMILES string of the molecule is CC(=O)c1ccncc1Nc1ccc(Br)cc1Cl.CCCC1CCCCC1. The van der Waals surface area contributed by atoms with Crippen LogP contribution in [0.4, 0.5) is 11.4 Å². The molecular formula is C22H28BrClN2O. The number of anilines is 2. The number of hydrogen-bond acceptors (Lipinski definition) is 3. The Morgan fingerprint density at radius 3 is 2.59 bits per heavy atom. The van der Waals surface area contributed by atoms with Crippen LogP contribution in [0, 0.1) is 5.92 Å². The van der Waals surface area contributed by atoms with Gasteiger partial charge in [0.15, 0.2) is 5.78 Å². The van der Waals surface area contributed by atoms with Gasteiger partial charge in [-0.05, 0) is 37.1 Å².